The Morgan fingerprint density at radius 1 is 1.50 bits per heavy atom. The number of hydrogen-bond donors (Lipinski definition) is 2. The van der Waals surface area contributed by atoms with Crippen molar-refractivity contribution < 1.29 is 9.59 Å². The number of carbonyl (C=O) groups excluding carboxylic acids is 2. The Morgan fingerprint density at radius 3 is 2.61 bits per heavy atom. The highest BCUT2D eigenvalue weighted by atomic mass is 35.5. The van der Waals surface area contributed by atoms with Gasteiger partial charge in [-0.3, -0.25) is 4.79 Å². The van der Waals surface area contributed by atoms with Crippen LogP contribution in [0.15, 0.2) is 24.4 Å². The lowest BCUT2D eigenvalue weighted by molar-refractivity contribution is -0.108. The molecule has 1 amide bonds. The molecule has 1 unspecified atom stereocenters. The van der Waals surface area contributed by atoms with E-state index in [4.69, 9.17) is 11.6 Å². The monoisotopic (exact) mass is 268 g/mol. The summed E-state index contributed by atoms with van der Waals surface area (Å²) in [5, 5.41) is 3.04. The van der Waals surface area contributed by atoms with Gasteiger partial charge in [-0.25, -0.2) is 0 Å². The molecule has 1 aromatic heterocycles. The largest absolute Gasteiger partial charge is 0.356 e. The third-order valence-electron chi connectivity index (χ3n) is 2.14. The van der Waals surface area contributed by atoms with Gasteiger partial charge in [0.05, 0.1) is 5.02 Å². The molecule has 0 saturated carbocycles. The topological polar surface area (TPSA) is 62.0 Å². The zero-order valence-electron chi connectivity index (χ0n) is 10.7. The summed E-state index contributed by atoms with van der Waals surface area (Å²) >= 11 is 5.70. The van der Waals surface area contributed by atoms with Gasteiger partial charge < -0.3 is 15.1 Å². The number of carbonyl (C=O) groups is 2. The number of aromatic nitrogens is 1. The summed E-state index contributed by atoms with van der Waals surface area (Å²) in [5.74, 6) is -0.363. The van der Waals surface area contributed by atoms with Gasteiger partial charge in [0.2, 0.25) is 0 Å². The average Bonchev–Trinajstić information content (AvgIpc) is 2.69. The van der Waals surface area contributed by atoms with E-state index in [0.717, 1.165) is 0 Å². The molecular weight excluding hydrogens is 252 g/mol. The number of H-pyrrole nitrogens is 1. The smallest absolute Gasteiger partial charge is 0.268 e. The zero-order chi connectivity index (χ0) is 13.8. The molecule has 0 bridgehead atoms. The van der Waals surface area contributed by atoms with Crippen molar-refractivity contribution in [3.05, 3.63) is 35.1 Å². The number of amides is 1. The van der Waals surface area contributed by atoms with Gasteiger partial charge in [0.1, 0.15) is 18.0 Å². The lowest BCUT2D eigenvalue weighted by Crippen LogP contribution is -2.34. The first-order chi connectivity index (χ1) is 8.31. The van der Waals surface area contributed by atoms with Crippen LogP contribution in [0.25, 0.3) is 0 Å². The van der Waals surface area contributed by atoms with E-state index >= 15 is 0 Å². The van der Waals surface area contributed by atoms with Crippen molar-refractivity contribution in [3.8, 4) is 0 Å². The maximum absolute atomic E-state index is 11.8. The Labute approximate surface area is 111 Å². The maximum atomic E-state index is 11.8. The first kappa shape index (κ1) is 14.5. The van der Waals surface area contributed by atoms with Crippen LogP contribution in [0.1, 0.15) is 31.3 Å². The second kappa shape index (κ2) is 5.87. The fourth-order valence-electron chi connectivity index (χ4n) is 1.25. The molecular formula is C13H17ClN2O2. The molecule has 1 aromatic rings. The van der Waals surface area contributed by atoms with Crippen LogP contribution in [-0.2, 0) is 4.79 Å². The number of rotatable bonds is 4. The molecule has 1 rings (SSSR count). The molecule has 0 aromatic carbocycles. The molecule has 0 aliphatic rings. The molecule has 0 spiro atoms. The minimum absolute atomic E-state index is 0.0400. The van der Waals surface area contributed by atoms with E-state index in [0.29, 0.717) is 17.0 Å². The summed E-state index contributed by atoms with van der Waals surface area (Å²) in [6, 6.07) is 0.866. The quantitative estimate of drug-likeness (QED) is 0.651. The van der Waals surface area contributed by atoms with E-state index in [2.05, 4.69) is 10.3 Å². The third-order valence-corrected chi connectivity index (χ3v) is 2.36. The van der Waals surface area contributed by atoms with Gasteiger partial charge in [0.15, 0.2) is 0 Å². The Bertz CT molecular complexity index is 458. The number of hydrogen-bond acceptors (Lipinski definition) is 2. The molecule has 0 saturated heterocycles. The molecule has 2 N–H and O–H groups in total. The van der Waals surface area contributed by atoms with Crippen LogP contribution in [0.3, 0.4) is 0 Å². The summed E-state index contributed by atoms with van der Waals surface area (Å²) in [4.78, 5) is 25.4. The number of halogens is 1. The Kier molecular flexibility index (Phi) is 4.73. The summed E-state index contributed by atoms with van der Waals surface area (Å²) in [5.41, 5.74) is 0.290. The second-order valence-electron chi connectivity index (χ2n) is 5.09. The van der Waals surface area contributed by atoms with Crippen LogP contribution < -0.4 is 5.32 Å². The molecule has 0 fully saturated rings. The Balaban J connectivity index is 2.67. The van der Waals surface area contributed by atoms with Crippen LogP contribution in [0.4, 0.5) is 0 Å². The van der Waals surface area contributed by atoms with Gasteiger partial charge in [0.25, 0.3) is 5.91 Å². The van der Waals surface area contributed by atoms with Crippen LogP contribution in [0.2, 0.25) is 5.02 Å². The van der Waals surface area contributed by atoms with Gasteiger partial charge in [-0.1, -0.05) is 44.5 Å². The minimum Gasteiger partial charge on any atom is -0.356 e. The van der Waals surface area contributed by atoms with Crippen molar-refractivity contribution in [3.63, 3.8) is 0 Å². The first-order valence-electron chi connectivity index (χ1n) is 5.61. The fraction of sp³-hybridized carbons (Fsp3) is 0.385. The third kappa shape index (κ3) is 4.75. The number of allylic oxidation sites excluding steroid dienone is 1. The molecule has 1 heterocycles. The van der Waals surface area contributed by atoms with Crippen molar-refractivity contribution in [1.29, 1.82) is 0 Å². The van der Waals surface area contributed by atoms with Crippen LogP contribution in [0, 0.1) is 5.41 Å². The summed E-state index contributed by atoms with van der Waals surface area (Å²) in [6.07, 6.45) is 5.76. The number of aldehydes is 1. The predicted molar refractivity (Wildman–Crippen MR) is 71.7 cm³/mol. The van der Waals surface area contributed by atoms with Crippen molar-refractivity contribution in [2.24, 2.45) is 5.41 Å². The molecule has 5 heteroatoms. The highest BCUT2D eigenvalue weighted by Gasteiger charge is 2.13. The van der Waals surface area contributed by atoms with E-state index < -0.39 is 6.04 Å². The maximum Gasteiger partial charge on any atom is 0.268 e. The fourth-order valence-corrected chi connectivity index (χ4v) is 1.41. The molecule has 0 radical (unpaired) electrons. The molecule has 0 aliphatic heterocycles. The average molecular weight is 269 g/mol. The normalized spacial score (nSPS) is 13.6. The number of nitrogens with one attached hydrogen (secondary N) is 2. The standard InChI is InChI=1S/C13H17ClN2O2/c1-13(2,3)5-4-10(8-17)16-12(18)11-6-9(14)7-15-11/h4-8,10,15H,1-3H3,(H,16,18)/b5-4+. The van der Waals surface area contributed by atoms with Gasteiger partial charge in [-0.2, -0.15) is 0 Å². The molecule has 18 heavy (non-hydrogen) atoms. The van der Waals surface area contributed by atoms with E-state index in [1.165, 1.54) is 12.3 Å². The zero-order valence-corrected chi connectivity index (χ0v) is 11.4. The van der Waals surface area contributed by atoms with Crippen LogP contribution in [-0.4, -0.2) is 23.2 Å². The SMILES string of the molecule is CC(C)(C)/C=C/C(C=O)NC(=O)c1cc(Cl)c[nH]1. The van der Waals surface area contributed by atoms with Crippen molar-refractivity contribution in [2.75, 3.05) is 0 Å². The highest BCUT2D eigenvalue weighted by molar-refractivity contribution is 6.30. The Hall–Kier alpha value is -1.55. The van der Waals surface area contributed by atoms with Crippen LogP contribution in [0.5, 0.6) is 0 Å². The molecule has 0 aliphatic carbocycles. The summed E-state index contributed by atoms with van der Waals surface area (Å²) in [6.45, 7) is 6.04. The second-order valence-corrected chi connectivity index (χ2v) is 5.53. The lowest BCUT2D eigenvalue weighted by Gasteiger charge is -2.13. The molecule has 98 valence electrons. The van der Waals surface area contributed by atoms with Gasteiger partial charge in [-0.15, -0.1) is 0 Å². The number of aromatic amines is 1. The van der Waals surface area contributed by atoms with E-state index in [1.54, 1.807) is 6.08 Å². The Morgan fingerprint density at radius 2 is 2.17 bits per heavy atom. The van der Waals surface area contributed by atoms with Crippen LogP contribution >= 0.6 is 11.6 Å². The molecule has 1 atom stereocenters. The van der Waals surface area contributed by atoms with Crippen molar-refractivity contribution in [1.82, 2.24) is 10.3 Å². The van der Waals surface area contributed by atoms with Crippen molar-refractivity contribution in [2.45, 2.75) is 26.8 Å². The van der Waals surface area contributed by atoms with Gasteiger partial charge in [-0.05, 0) is 11.5 Å². The highest BCUT2D eigenvalue weighted by Crippen LogP contribution is 2.14. The van der Waals surface area contributed by atoms with E-state index in [1.807, 2.05) is 26.8 Å². The predicted octanol–water partition coefficient (Wildman–Crippen LogP) is 2.57. The van der Waals surface area contributed by atoms with E-state index in [-0.39, 0.29) is 11.3 Å². The summed E-state index contributed by atoms with van der Waals surface area (Å²) in [7, 11) is 0. The van der Waals surface area contributed by atoms with Crippen molar-refractivity contribution >= 4 is 23.8 Å². The van der Waals surface area contributed by atoms with E-state index in [9.17, 15) is 9.59 Å². The minimum atomic E-state index is -0.640. The first-order valence-corrected chi connectivity index (χ1v) is 5.99. The summed E-state index contributed by atoms with van der Waals surface area (Å²) < 4.78 is 0. The van der Waals surface area contributed by atoms with Gasteiger partial charge >= 0.3 is 0 Å². The lowest BCUT2D eigenvalue weighted by atomic mass is 9.95. The van der Waals surface area contributed by atoms with Gasteiger partial charge in [0, 0.05) is 6.20 Å². The molecule has 4 nitrogen and oxygen atoms in total.